The third-order valence-corrected chi connectivity index (χ3v) is 5.15. The number of nitrogens with one attached hydrogen (secondary N) is 1. The van der Waals surface area contributed by atoms with E-state index in [9.17, 15) is 14.4 Å². The number of ether oxygens (including phenoxy) is 2. The van der Waals surface area contributed by atoms with Crippen molar-refractivity contribution < 1.29 is 23.9 Å². The van der Waals surface area contributed by atoms with E-state index >= 15 is 0 Å². The van der Waals surface area contributed by atoms with Gasteiger partial charge in [0.1, 0.15) is 11.4 Å². The van der Waals surface area contributed by atoms with Gasteiger partial charge in [0.15, 0.2) is 5.78 Å². The maximum absolute atomic E-state index is 13.5. The van der Waals surface area contributed by atoms with Gasteiger partial charge in [-0.05, 0) is 57.4 Å². The van der Waals surface area contributed by atoms with E-state index in [0.29, 0.717) is 34.7 Å². The first kappa shape index (κ1) is 24.2. The Bertz CT molecular complexity index is 961. The van der Waals surface area contributed by atoms with Crippen molar-refractivity contribution in [3.63, 3.8) is 0 Å². The van der Waals surface area contributed by atoms with Gasteiger partial charge in [-0.1, -0.05) is 19.9 Å². The van der Waals surface area contributed by atoms with E-state index < -0.39 is 12.0 Å². The topological polar surface area (TPSA) is 88.7 Å². The number of carbonyl (C=O) groups excluding carboxylic acids is 3. The SMILES string of the molecule is CCOC(=O)c1[nH]c(C)c(C(=O)[C@@H](C)N(CC(C)C)C(=O)c2cccc(OC)c2)c1C. The molecule has 0 unspecified atom stereocenters. The van der Waals surface area contributed by atoms with Gasteiger partial charge < -0.3 is 19.4 Å². The lowest BCUT2D eigenvalue weighted by molar-refractivity contribution is 0.0518. The molecule has 0 aliphatic heterocycles. The maximum atomic E-state index is 13.5. The summed E-state index contributed by atoms with van der Waals surface area (Å²) in [6.07, 6.45) is 0. The molecule has 168 valence electrons. The highest BCUT2D eigenvalue weighted by molar-refractivity contribution is 6.07. The maximum Gasteiger partial charge on any atom is 0.355 e. The second-order valence-electron chi connectivity index (χ2n) is 7.97. The van der Waals surface area contributed by atoms with E-state index in [1.165, 1.54) is 0 Å². The highest BCUT2D eigenvalue weighted by atomic mass is 16.5. The van der Waals surface area contributed by atoms with Crippen LogP contribution in [0.15, 0.2) is 24.3 Å². The molecule has 1 aromatic carbocycles. The first-order valence-corrected chi connectivity index (χ1v) is 10.5. The average Bonchev–Trinajstić information content (AvgIpc) is 3.04. The van der Waals surface area contributed by atoms with Gasteiger partial charge in [0.25, 0.3) is 5.91 Å². The highest BCUT2D eigenvalue weighted by Crippen LogP contribution is 2.24. The number of Topliss-reactive ketones (excluding diaryl/α,β-unsaturated/α-hetero) is 1. The average molecular weight is 429 g/mol. The molecule has 7 nitrogen and oxygen atoms in total. The van der Waals surface area contributed by atoms with Gasteiger partial charge in [-0.3, -0.25) is 9.59 Å². The molecule has 1 heterocycles. The quantitative estimate of drug-likeness (QED) is 0.478. The Morgan fingerprint density at radius 3 is 2.39 bits per heavy atom. The van der Waals surface area contributed by atoms with Gasteiger partial charge >= 0.3 is 5.97 Å². The molecule has 0 aliphatic carbocycles. The minimum atomic E-state index is -0.718. The van der Waals surface area contributed by atoms with Crippen molar-refractivity contribution in [3.05, 3.63) is 52.3 Å². The van der Waals surface area contributed by atoms with Crippen LogP contribution in [0, 0.1) is 19.8 Å². The molecule has 2 aromatic rings. The number of rotatable bonds is 9. The van der Waals surface area contributed by atoms with Crippen LogP contribution in [0.5, 0.6) is 5.75 Å². The standard InChI is InChI=1S/C24H32N2O5/c1-8-31-24(29)21-15(4)20(16(5)25-21)22(27)17(6)26(13-14(2)3)23(28)18-10-9-11-19(12-18)30-7/h9-12,14,17,25H,8,13H2,1-7H3/t17-/m1/s1. The zero-order valence-corrected chi connectivity index (χ0v) is 19.4. The van der Waals surface area contributed by atoms with E-state index in [0.717, 1.165) is 0 Å². The van der Waals surface area contributed by atoms with Crippen molar-refractivity contribution in [2.75, 3.05) is 20.3 Å². The molecule has 2 rings (SSSR count). The van der Waals surface area contributed by atoms with Gasteiger partial charge in [-0.15, -0.1) is 0 Å². The largest absolute Gasteiger partial charge is 0.497 e. The summed E-state index contributed by atoms with van der Waals surface area (Å²) in [5.41, 5.74) is 2.25. The zero-order valence-electron chi connectivity index (χ0n) is 19.4. The number of carbonyl (C=O) groups is 3. The Kier molecular flexibility index (Phi) is 8.02. The number of hydrogen-bond acceptors (Lipinski definition) is 5. The lowest BCUT2D eigenvalue weighted by Crippen LogP contribution is -2.45. The molecule has 1 atom stereocenters. The number of methoxy groups -OCH3 is 1. The minimum Gasteiger partial charge on any atom is -0.497 e. The molecular formula is C24H32N2O5. The molecule has 0 radical (unpaired) electrons. The Morgan fingerprint density at radius 2 is 1.81 bits per heavy atom. The van der Waals surface area contributed by atoms with Crippen molar-refractivity contribution >= 4 is 17.7 Å². The molecule has 1 amide bonds. The number of amides is 1. The van der Waals surface area contributed by atoms with Crippen LogP contribution in [0.25, 0.3) is 0 Å². The van der Waals surface area contributed by atoms with Crippen molar-refractivity contribution in [2.45, 2.75) is 47.6 Å². The summed E-state index contributed by atoms with van der Waals surface area (Å²) in [6.45, 7) is 11.6. The van der Waals surface area contributed by atoms with Crippen LogP contribution in [-0.4, -0.2) is 53.8 Å². The van der Waals surface area contributed by atoms with Crippen LogP contribution in [-0.2, 0) is 4.74 Å². The predicted molar refractivity (Wildman–Crippen MR) is 119 cm³/mol. The fourth-order valence-electron chi connectivity index (χ4n) is 3.61. The van der Waals surface area contributed by atoms with Crippen LogP contribution in [0.1, 0.15) is 70.2 Å². The summed E-state index contributed by atoms with van der Waals surface area (Å²) in [5.74, 6) is -0.232. The van der Waals surface area contributed by atoms with E-state index in [1.54, 1.807) is 64.0 Å². The summed E-state index contributed by atoms with van der Waals surface area (Å²) in [4.78, 5) is 43.6. The fraction of sp³-hybridized carbons (Fsp3) is 0.458. The number of nitrogens with zero attached hydrogens (tertiary/aromatic N) is 1. The third kappa shape index (κ3) is 5.34. The molecule has 31 heavy (non-hydrogen) atoms. The van der Waals surface area contributed by atoms with E-state index in [1.807, 2.05) is 13.8 Å². The number of aromatic amines is 1. The van der Waals surface area contributed by atoms with Gasteiger partial charge in [-0.2, -0.15) is 0 Å². The van der Waals surface area contributed by atoms with E-state index in [4.69, 9.17) is 9.47 Å². The van der Waals surface area contributed by atoms with Crippen molar-refractivity contribution in [1.82, 2.24) is 9.88 Å². The minimum absolute atomic E-state index is 0.160. The van der Waals surface area contributed by atoms with E-state index in [-0.39, 0.29) is 29.9 Å². The first-order valence-electron chi connectivity index (χ1n) is 10.5. The van der Waals surface area contributed by atoms with Crippen molar-refractivity contribution in [1.29, 1.82) is 0 Å². The number of esters is 1. The first-order chi connectivity index (χ1) is 14.6. The Hall–Kier alpha value is -3.09. The monoisotopic (exact) mass is 428 g/mol. The van der Waals surface area contributed by atoms with Crippen LogP contribution in [0.3, 0.4) is 0 Å². The van der Waals surface area contributed by atoms with E-state index in [2.05, 4.69) is 4.98 Å². The van der Waals surface area contributed by atoms with Crippen molar-refractivity contribution in [2.24, 2.45) is 5.92 Å². The molecule has 0 fully saturated rings. The lowest BCUT2D eigenvalue weighted by atomic mass is 9.98. The van der Waals surface area contributed by atoms with Gasteiger partial charge in [0.2, 0.25) is 0 Å². The van der Waals surface area contributed by atoms with Gasteiger partial charge in [0, 0.05) is 23.4 Å². The molecule has 0 aliphatic rings. The second-order valence-corrected chi connectivity index (χ2v) is 7.97. The van der Waals surface area contributed by atoms with Crippen LogP contribution < -0.4 is 4.74 Å². The predicted octanol–water partition coefficient (Wildman–Crippen LogP) is 4.19. The number of benzene rings is 1. The number of H-pyrrole nitrogens is 1. The molecule has 0 saturated carbocycles. The van der Waals surface area contributed by atoms with Crippen molar-refractivity contribution in [3.8, 4) is 5.75 Å². The third-order valence-electron chi connectivity index (χ3n) is 5.15. The normalized spacial score (nSPS) is 11.9. The summed E-state index contributed by atoms with van der Waals surface area (Å²) in [5, 5.41) is 0. The highest BCUT2D eigenvalue weighted by Gasteiger charge is 2.32. The molecule has 0 saturated heterocycles. The summed E-state index contributed by atoms with van der Waals surface area (Å²) >= 11 is 0. The number of hydrogen-bond donors (Lipinski definition) is 1. The number of ketones is 1. The molecule has 0 spiro atoms. The van der Waals surface area contributed by atoms with Gasteiger partial charge in [0.05, 0.1) is 19.8 Å². The van der Waals surface area contributed by atoms with Crippen LogP contribution in [0.2, 0.25) is 0 Å². The summed E-state index contributed by atoms with van der Waals surface area (Å²) in [7, 11) is 1.54. The fourth-order valence-corrected chi connectivity index (χ4v) is 3.61. The number of aromatic nitrogens is 1. The summed E-state index contributed by atoms with van der Waals surface area (Å²) < 4.78 is 10.3. The zero-order chi connectivity index (χ0) is 23.3. The summed E-state index contributed by atoms with van der Waals surface area (Å²) in [6, 6.07) is 6.17. The Morgan fingerprint density at radius 1 is 1.13 bits per heavy atom. The number of aryl methyl sites for hydroxylation is 1. The molecule has 1 N–H and O–H groups in total. The lowest BCUT2D eigenvalue weighted by Gasteiger charge is -2.30. The van der Waals surface area contributed by atoms with Gasteiger partial charge in [-0.25, -0.2) is 4.79 Å². The molecule has 1 aromatic heterocycles. The smallest absolute Gasteiger partial charge is 0.355 e. The molecular weight excluding hydrogens is 396 g/mol. The van der Waals surface area contributed by atoms with Crippen LogP contribution >= 0.6 is 0 Å². The van der Waals surface area contributed by atoms with Crippen LogP contribution in [0.4, 0.5) is 0 Å². The Balaban J connectivity index is 2.41. The Labute approximate surface area is 183 Å². The molecule has 7 heteroatoms. The molecule has 0 bridgehead atoms. The second kappa shape index (κ2) is 10.3.